The monoisotopic (exact) mass is 330 g/mol. The standard InChI is InChI=1S/C19H26N2O3/c1-14-11-19(24-20-14)17-7-5-4-6-10-21(17)13-15-8-9-16(22-2)12-18(15)23-3/h8-9,11-12,17H,4-7,10,13H2,1-3H3/t17-/m1/s1. The van der Waals surface area contributed by atoms with Crippen molar-refractivity contribution in [3.63, 3.8) is 0 Å². The van der Waals surface area contributed by atoms with E-state index in [9.17, 15) is 0 Å². The normalized spacial score (nSPS) is 19.0. The predicted molar refractivity (Wildman–Crippen MR) is 92.4 cm³/mol. The van der Waals surface area contributed by atoms with Gasteiger partial charge in [0.05, 0.1) is 26.0 Å². The maximum atomic E-state index is 5.58. The van der Waals surface area contributed by atoms with Crippen molar-refractivity contribution in [1.82, 2.24) is 10.1 Å². The van der Waals surface area contributed by atoms with Crippen LogP contribution < -0.4 is 9.47 Å². The Labute approximate surface area is 143 Å². The van der Waals surface area contributed by atoms with E-state index in [1.165, 1.54) is 24.8 Å². The fraction of sp³-hybridized carbons (Fsp3) is 0.526. The minimum atomic E-state index is 0.278. The van der Waals surface area contributed by atoms with Gasteiger partial charge in [-0.05, 0) is 32.4 Å². The molecule has 2 heterocycles. The van der Waals surface area contributed by atoms with E-state index in [1.54, 1.807) is 14.2 Å². The zero-order chi connectivity index (χ0) is 16.9. The van der Waals surface area contributed by atoms with Crippen molar-refractivity contribution in [2.75, 3.05) is 20.8 Å². The van der Waals surface area contributed by atoms with E-state index < -0.39 is 0 Å². The van der Waals surface area contributed by atoms with Gasteiger partial charge in [-0.15, -0.1) is 0 Å². The highest BCUT2D eigenvalue weighted by molar-refractivity contribution is 5.40. The summed E-state index contributed by atoms with van der Waals surface area (Å²) in [6, 6.07) is 8.37. The van der Waals surface area contributed by atoms with Gasteiger partial charge in [0.25, 0.3) is 0 Å². The molecule has 0 aliphatic carbocycles. The Morgan fingerprint density at radius 2 is 2.04 bits per heavy atom. The topological polar surface area (TPSA) is 47.7 Å². The highest BCUT2D eigenvalue weighted by Crippen LogP contribution is 2.34. The number of aryl methyl sites for hydroxylation is 1. The van der Waals surface area contributed by atoms with E-state index in [-0.39, 0.29) is 6.04 Å². The summed E-state index contributed by atoms with van der Waals surface area (Å²) >= 11 is 0. The first-order valence-electron chi connectivity index (χ1n) is 8.59. The van der Waals surface area contributed by atoms with Gasteiger partial charge in [-0.3, -0.25) is 4.90 Å². The fourth-order valence-electron chi connectivity index (χ4n) is 3.42. The van der Waals surface area contributed by atoms with Crippen LogP contribution in [0.15, 0.2) is 28.8 Å². The SMILES string of the molecule is COc1ccc(CN2CCCCC[C@@H]2c2cc(C)no2)c(OC)c1. The molecule has 1 aromatic heterocycles. The van der Waals surface area contributed by atoms with Crippen LogP contribution in [0.5, 0.6) is 11.5 Å². The van der Waals surface area contributed by atoms with Crippen LogP contribution in [0.2, 0.25) is 0 Å². The molecule has 1 aromatic carbocycles. The lowest BCUT2D eigenvalue weighted by atomic mass is 10.1. The zero-order valence-corrected chi connectivity index (χ0v) is 14.7. The first-order valence-corrected chi connectivity index (χ1v) is 8.59. The van der Waals surface area contributed by atoms with Crippen LogP contribution in [0.3, 0.4) is 0 Å². The molecular formula is C19H26N2O3. The number of benzene rings is 1. The number of ether oxygens (including phenoxy) is 2. The lowest BCUT2D eigenvalue weighted by Crippen LogP contribution is -2.28. The second-order valence-corrected chi connectivity index (χ2v) is 6.38. The van der Waals surface area contributed by atoms with Crippen LogP contribution >= 0.6 is 0 Å². The van der Waals surface area contributed by atoms with E-state index in [0.29, 0.717) is 0 Å². The van der Waals surface area contributed by atoms with Gasteiger partial charge in [0.1, 0.15) is 11.5 Å². The van der Waals surface area contributed by atoms with E-state index in [2.05, 4.69) is 22.2 Å². The number of aromatic nitrogens is 1. The molecule has 5 nitrogen and oxygen atoms in total. The van der Waals surface area contributed by atoms with Gasteiger partial charge in [0.15, 0.2) is 5.76 Å². The highest BCUT2D eigenvalue weighted by Gasteiger charge is 2.26. The summed E-state index contributed by atoms with van der Waals surface area (Å²) < 4.78 is 16.4. The van der Waals surface area contributed by atoms with Gasteiger partial charge >= 0.3 is 0 Å². The maximum absolute atomic E-state index is 5.58. The molecule has 3 rings (SSSR count). The van der Waals surface area contributed by atoms with Gasteiger partial charge in [0.2, 0.25) is 0 Å². The van der Waals surface area contributed by atoms with Crippen molar-refractivity contribution in [2.24, 2.45) is 0 Å². The Kier molecular flexibility index (Phi) is 5.41. The summed E-state index contributed by atoms with van der Waals surface area (Å²) in [7, 11) is 3.38. The molecule has 1 aliphatic heterocycles. The minimum Gasteiger partial charge on any atom is -0.497 e. The molecule has 2 aromatic rings. The molecule has 1 fully saturated rings. The Morgan fingerprint density at radius 3 is 2.75 bits per heavy atom. The van der Waals surface area contributed by atoms with Crippen molar-refractivity contribution in [2.45, 2.75) is 45.2 Å². The summed E-state index contributed by atoms with van der Waals surface area (Å²) in [5.74, 6) is 2.65. The van der Waals surface area contributed by atoms with Crippen molar-refractivity contribution in [1.29, 1.82) is 0 Å². The van der Waals surface area contributed by atoms with Gasteiger partial charge < -0.3 is 14.0 Å². The van der Waals surface area contributed by atoms with Gasteiger partial charge in [-0.2, -0.15) is 0 Å². The quantitative estimate of drug-likeness (QED) is 0.825. The Bertz CT molecular complexity index is 668. The number of likely N-dealkylation sites (tertiary alicyclic amines) is 1. The van der Waals surface area contributed by atoms with Crippen LogP contribution in [0.25, 0.3) is 0 Å². The van der Waals surface area contributed by atoms with E-state index in [4.69, 9.17) is 14.0 Å². The molecule has 0 amide bonds. The lowest BCUT2D eigenvalue weighted by molar-refractivity contribution is 0.158. The third kappa shape index (κ3) is 3.73. The van der Waals surface area contributed by atoms with Crippen LogP contribution in [0.1, 0.15) is 48.7 Å². The van der Waals surface area contributed by atoms with Crippen LogP contribution in [-0.4, -0.2) is 30.8 Å². The maximum Gasteiger partial charge on any atom is 0.154 e. The second kappa shape index (κ2) is 7.71. The molecule has 0 saturated carbocycles. The molecule has 0 spiro atoms. The fourth-order valence-corrected chi connectivity index (χ4v) is 3.42. The van der Waals surface area contributed by atoms with E-state index in [1.807, 2.05) is 19.1 Å². The molecule has 0 bridgehead atoms. The molecule has 1 saturated heterocycles. The van der Waals surface area contributed by atoms with E-state index in [0.717, 1.165) is 42.5 Å². The zero-order valence-electron chi connectivity index (χ0n) is 14.7. The summed E-state index contributed by atoms with van der Waals surface area (Å²) in [6.45, 7) is 3.86. The minimum absolute atomic E-state index is 0.278. The highest BCUT2D eigenvalue weighted by atomic mass is 16.5. The number of rotatable bonds is 5. The Balaban J connectivity index is 1.85. The van der Waals surface area contributed by atoms with Crippen LogP contribution in [0, 0.1) is 6.92 Å². The summed E-state index contributed by atoms with van der Waals surface area (Å²) in [5.41, 5.74) is 2.11. The number of methoxy groups -OCH3 is 2. The molecular weight excluding hydrogens is 304 g/mol. The van der Waals surface area contributed by atoms with Gasteiger partial charge in [0, 0.05) is 24.2 Å². The first kappa shape index (κ1) is 16.8. The third-order valence-electron chi connectivity index (χ3n) is 4.71. The van der Waals surface area contributed by atoms with Crippen LogP contribution in [-0.2, 0) is 6.54 Å². The van der Waals surface area contributed by atoms with Crippen molar-refractivity contribution >= 4 is 0 Å². The average molecular weight is 330 g/mol. The van der Waals surface area contributed by atoms with Crippen LogP contribution in [0.4, 0.5) is 0 Å². The lowest BCUT2D eigenvalue weighted by Gasteiger charge is -2.28. The molecule has 24 heavy (non-hydrogen) atoms. The molecule has 0 N–H and O–H groups in total. The molecule has 1 atom stereocenters. The second-order valence-electron chi connectivity index (χ2n) is 6.38. The number of hydrogen-bond donors (Lipinski definition) is 0. The summed E-state index contributed by atoms with van der Waals surface area (Å²) in [4.78, 5) is 2.48. The summed E-state index contributed by atoms with van der Waals surface area (Å²) in [5, 5.41) is 4.08. The predicted octanol–water partition coefficient (Wildman–Crippen LogP) is 4.12. The first-order chi connectivity index (χ1) is 11.7. The third-order valence-corrected chi connectivity index (χ3v) is 4.71. The Hall–Kier alpha value is -2.01. The van der Waals surface area contributed by atoms with Crippen molar-refractivity contribution in [3.8, 4) is 11.5 Å². The molecule has 0 radical (unpaired) electrons. The van der Waals surface area contributed by atoms with Crippen molar-refractivity contribution < 1.29 is 14.0 Å². The largest absolute Gasteiger partial charge is 0.497 e. The Morgan fingerprint density at radius 1 is 1.17 bits per heavy atom. The van der Waals surface area contributed by atoms with Crippen molar-refractivity contribution in [3.05, 3.63) is 41.3 Å². The molecule has 5 heteroatoms. The molecule has 1 aliphatic rings. The molecule has 130 valence electrons. The summed E-state index contributed by atoms with van der Waals surface area (Å²) in [6.07, 6.45) is 4.80. The van der Waals surface area contributed by atoms with Gasteiger partial charge in [-0.1, -0.05) is 24.1 Å². The van der Waals surface area contributed by atoms with E-state index >= 15 is 0 Å². The number of nitrogens with zero attached hydrogens (tertiary/aromatic N) is 2. The average Bonchev–Trinajstić information content (AvgIpc) is 2.90. The number of hydrogen-bond acceptors (Lipinski definition) is 5. The van der Waals surface area contributed by atoms with Gasteiger partial charge in [-0.25, -0.2) is 0 Å². The molecule has 0 unspecified atom stereocenters. The smallest absolute Gasteiger partial charge is 0.154 e.